The molecule has 2 rings (SSSR count). The molecule has 1 unspecified atom stereocenters. The van der Waals surface area contributed by atoms with Crippen LogP contribution in [0.5, 0.6) is 0 Å². The number of rotatable bonds is 4. The van der Waals surface area contributed by atoms with Gasteiger partial charge >= 0.3 is 0 Å². The average Bonchev–Trinajstić information content (AvgIpc) is 2.41. The van der Waals surface area contributed by atoms with E-state index in [0.29, 0.717) is 11.4 Å². The van der Waals surface area contributed by atoms with Gasteiger partial charge in [0.2, 0.25) is 0 Å². The van der Waals surface area contributed by atoms with Gasteiger partial charge in [-0.3, -0.25) is 0 Å². The van der Waals surface area contributed by atoms with E-state index >= 15 is 0 Å². The first-order valence-electron chi connectivity index (χ1n) is 5.97. The summed E-state index contributed by atoms with van der Waals surface area (Å²) in [6.45, 7) is 0. The summed E-state index contributed by atoms with van der Waals surface area (Å²) < 4.78 is 14.5. The summed E-state index contributed by atoms with van der Waals surface area (Å²) >= 11 is 8.39. The zero-order valence-corrected chi connectivity index (χ0v) is 13.4. The zero-order valence-electron chi connectivity index (χ0n) is 10.5. The maximum absolute atomic E-state index is 13.3. The third-order valence-electron chi connectivity index (χ3n) is 3.05. The molecule has 0 aromatic heterocycles. The Balaban J connectivity index is 2.23. The Morgan fingerprint density at radius 1 is 1.21 bits per heavy atom. The summed E-state index contributed by atoms with van der Waals surface area (Å²) in [7, 11) is 1.90. The van der Waals surface area contributed by atoms with Crippen LogP contribution in [0.4, 0.5) is 4.39 Å². The highest BCUT2D eigenvalue weighted by molar-refractivity contribution is 14.1. The van der Waals surface area contributed by atoms with Crippen molar-refractivity contribution in [1.82, 2.24) is 5.32 Å². The van der Waals surface area contributed by atoms with Gasteiger partial charge in [-0.1, -0.05) is 23.7 Å². The zero-order chi connectivity index (χ0) is 13.8. The predicted molar refractivity (Wildman–Crippen MR) is 86.1 cm³/mol. The third kappa shape index (κ3) is 3.91. The molecule has 0 radical (unpaired) electrons. The Kier molecular flexibility index (Phi) is 5.19. The van der Waals surface area contributed by atoms with Gasteiger partial charge in [-0.2, -0.15) is 0 Å². The van der Waals surface area contributed by atoms with Crippen LogP contribution in [0, 0.1) is 9.39 Å². The Morgan fingerprint density at radius 3 is 2.53 bits per heavy atom. The SMILES string of the molecule is CNC(Cc1cc(F)ccc1Cl)c1ccc(I)cc1. The normalized spacial score (nSPS) is 12.4. The van der Waals surface area contributed by atoms with Gasteiger partial charge in [0.05, 0.1) is 0 Å². The van der Waals surface area contributed by atoms with E-state index in [1.165, 1.54) is 21.3 Å². The Hall–Kier alpha value is -0.650. The van der Waals surface area contributed by atoms with Crippen molar-refractivity contribution >= 4 is 34.2 Å². The lowest BCUT2D eigenvalue weighted by Gasteiger charge is -2.17. The lowest BCUT2D eigenvalue weighted by Crippen LogP contribution is -2.19. The number of benzene rings is 2. The molecule has 0 saturated heterocycles. The minimum absolute atomic E-state index is 0.122. The second-order valence-corrected chi connectivity index (χ2v) is 5.99. The molecule has 0 saturated carbocycles. The van der Waals surface area contributed by atoms with Gasteiger partial charge in [0.15, 0.2) is 0 Å². The van der Waals surface area contributed by atoms with Gasteiger partial charge in [-0.05, 0) is 77.5 Å². The van der Waals surface area contributed by atoms with Gasteiger partial charge in [-0.15, -0.1) is 0 Å². The minimum atomic E-state index is -0.253. The number of hydrogen-bond donors (Lipinski definition) is 1. The van der Waals surface area contributed by atoms with Crippen molar-refractivity contribution in [3.05, 3.63) is 68.0 Å². The Bertz CT molecular complexity index is 557. The second kappa shape index (κ2) is 6.68. The quantitative estimate of drug-likeness (QED) is 0.754. The molecule has 0 fully saturated rings. The summed E-state index contributed by atoms with van der Waals surface area (Å²) in [5.41, 5.74) is 1.99. The molecule has 0 spiro atoms. The molecule has 19 heavy (non-hydrogen) atoms. The molecular formula is C15H14ClFIN. The van der Waals surface area contributed by atoms with Gasteiger partial charge in [0.1, 0.15) is 5.82 Å². The van der Waals surface area contributed by atoms with E-state index in [1.54, 1.807) is 6.07 Å². The van der Waals surface area contributed by atoms with Crippen molar-refractivity contribution in [1.29, 1.82) is 0 Å². The average molecular weight is 390 g/mol. The minimum Gasteiger partial charge on any atom is -0.313 e. The third-order valence-corrected chi connectivity index (χ3v) is 4.14. The number of nitrogens with one attached hydrogen (secondary N) is 1. The first kappa shape index (κ1) is 14.8. The topological polar surface area (TPSA) is 12.0 Å². The molecule has 2 aromatic rings. The first-order chi connectivity index (χ1) is 9.10. The van der Waals surface area contributed by atoms with Crippen LogP contribution in [0.2, 0.25) is 5.02 Å². The van der Waals surface area contributed by atoms with Gasteiger partial charge in [0.25, 0.3) is 0 Å². The summed E-state index contributed by atoms with van der Waals surface area (Å²) in [4.78, 5) is 0. The van der Waals surface area contributed by atoms with E-state index in [9.17, 15) is 4.39 Å². The fraction of sp³-hybridized carbons (Fsp3) is 0.200. The fourth-order valence-electron chi connectivity index (χ4n) is 2.00. The van der Waals surface area contributed by atoms with E-state index in [-0.39, 0.29) is 11.9 Å². The monoisotopic (exact) mass is 389 g/mol. The van der Waals surface area contributed by atoms with Gasteiger partial charge in [0, 0.05) is 14.6 Å². The lowest BCUT2D eigenvalue weighted by atomic mass is 9.99. The maximum atomic E-state index is 13.3. The number of hydrogen-bond acceptors (Lipinski definition) is 1. The van der Waals surface area contributed by atoms with Crippen LogP contribution in [-0.4, -0.2) is 7.05 Å². The van der Waals surface area contributed by atoms with E-state index in [4.69, 9.17) is 11.6 Å². The van der Waals surface area contributed by atoms with Crippen molar-refractivity contribution in [2.75, 3.05) is 7.05 Å². The smallest absolute Gasteiger partial charge is 0.123 e. The molecule has 0 aliphatic rings. The van der Waals surface area contributed by atoms with E-state index in [0.717, 1.165) is 5.56 Å². The van der Waals surface area contributed by atoms with Crippen LogP contribution in [-0.2, 0) is 6.42 Å². The van der Waals surface area contributed by atoms with Crippen LogP contribution >= 0.6 is 34.2 Å². The maximum Gasteiger partial charge on any atom is 0.123 e. The highest BCUT2D eigenvalue weighted by atomic mass is 127. The molecule has 4 heteroatoms. The van der Waals surface area contributed by atoms with Crippen LogP contribution in [0.25, 0.3) is 0 Å². The Labute approximate surface area is 131 Å². The van der Waals surface area contributed by atoms with E-state index in [1.807, 2.05) is 7.05 Å². The lowest BCUT2D eigenvalue weighted by molar-refractivity contribution is 0.584. The molecule has 0 amide bonds. The fourth-order valence-corrected chi connectivity index (χ4v) is 2.56. The van der Waals surface area contributed by atoms with Crippen molar-refractivity contribution < 1.29 is 4.39 Å². The molecule has 0 bridgehead atoms. The molecule has 100 valence electrons. The van der Waals surface area contributed by atoms with Gasteiger partial charge < -0.3 is 5.32 Å². The number of halogens is 3. The van der Waals surface area contributed by atoms with E-state index in [2.05, 4.69) is 52.2 Å². The van der Waals surface area contributed by atoms with Crippen molar-refractivity contribution in [3.8, 4) is 0 Å². The highest BCUT2D eigenvalue weighted by Crippen LogP contribution is 2.24. The molecule has 1 atom stereocenters. The molecule has 0 aliphatic carbocycles. The first-order valence-corrected chi connectivity index (χ1v) is 7.42. The summed E-state index contributed by atoms with van der Waals surface area (Å²) in [6, 6.07) is 12.9. The van der Waals surface area contributed by atoms with Crippen molar-refractivity contribution in [2.24, 2.45) is 0 Å². The summed E-state index contributed by atoms with van der Waals surface area (Å²) in [5.74, 6) is -0.253. The predicted octanol–water partition coefficient (Wildman–Crippen LogP) is 4.59. The standard InChI is InChI=1S/C15H14ClFIN/c1-19-15(10-2-5-13(18)6-3-10)9-11-8-12(17)4-7-14(11)16/h2-8,15,19H,9H2,1H3. The van der Waals surface area contributed by atoms with Gasteiger partial charge in [-0.25, -0.2) is 4.39 Å². The molecular weight excluding hydrogens is 376 g/mol. The molecule has 2 aromatic carbocycles. The molecule has 1 N–H and O–H groups in total. The van der Waals surface area contributed by atoms with Crippen LogP contribution < -0.4 is 5.32 Å². The van der Waals surface area contributed by atoms with Crippen molar-refractivity contribution in [2.45, 2.75) is 12.5 Å². The van der Waals surface area contributed by atoms with Crippen molar-refractivity contribution in [3.63, 3.8) is 0 Å². The second-order valence-electron chi connectivity index (χ2n) is 4.33. The number of likely N-dealkylation sites (N-methyl/N-ethyl adjacent to an activating group) is 1. The van der Waals surface area contributed by atoms with E-state index < -0.39 is 0 Å². The van der Waals surface area contributed by atoms with Crippen LogP contribution in [0.15, 0.2) is 42.5 Å². The molecule has 0 aliphatic heterocycles. The highest BCUT2D eigenvalue weighted by Gasteiger charge is 2.12. The Morgan fingerprint density at radius 2 is 1.89 bits per heavy atom. The van der Waals surface area contributed by atoms with Crippen LogP contribution in [0.1, 0.15) is 17.2 Å². The largest absolute Gasteiger partial charge is 0.313 e. The molecule has 0 heterocycles. The molecule has 1 nitrogen and oxygen atoms in total. The van der Waals surface area contributed by atoms with Crippen LogP contribution in [0.3, 0.4) is 0 Å². The summed E-state index contributed by atoms with van der Waals surface area (Å²) in [5, 5.41) is 3.85. The summed E-state index contributed by atoms with van der Waals surface area (Å²) in [6.07, 6.45) is 0.660.